The SMILES string of the molecule is O=C(NCc1ccccc1O)C(Cc1ccccc1)NS(=O)(=O)c1ccccc1F. The summed E-state index contributed by atoms with van der Waals surface area (Å²) in [6, 6.07) is 19.2. The monoisotopic (exact) mass is 428 g/mol. The number of rotatable bonds is 8. The first-order valence-electron chi connectivity index (χ1n) is 9.22. The van der Waals surface area contributed by atoms with Crippen LogP contribution in [0.1, 0.15) is 11.1 Å². The number of para-hydroxylation sites is 1. The zero-order valence-electron chi connectivity index (χ0n) is 16.0. The highest BCUT2D eigenvalue weighted by Gasteiger charge is 2.27. The van der Waals surface area contributed by atoms with Crippen LogP contribution in [0.2, 0.25) is 0 Å². The zero-order valence-corrected chi connectivity index (χ0v) is 16.8. The number of benzene rings is 3. The molecule has 30 heavy (non-hydrogen) atoms. The maximum absolute atomic E-state index is 14.0. The highest BCUT2D eigenvalue weighted by Crippen LogP contribution is 2.17. The Balaban J connectivity index is 1.82. The standard InChI is InChI=1S/C22H21FN2O4S/c23-18-11-5-7-13-21(18)30(28,29)25-19(14-16-8-2-1-3-9-16)22(27)24-15-17-10-4-6-12-20(17)26/h1-13,19,25-26H,14-15H2,(H,24,27). The molecule has 1 amide bonds. The number of nitrogens with one attached hydrogen (secondary N) is 2. The molecule has 0 fully saturated rings. The molecular formula is C22H21FN2O4S. The van der Waals surface area contributed by atoms with Crippen molar-refractivity contribution >= 4 is 15.9 Å². The Bertz CT molecular complexity index is 1120. The lowest BCUT2D eigenvalue weighted by atomic mass is 10.1. The smallest absolute Gasteiger partial charge is 0.244 e. The third kappa shape index (κ3) is 5.43. The quantitative estimate of drug-likeness (QED) is 0.514. The van der Waals surface area contributed by atoms with E-state index in [1.807, 2.05) is 0 Å². The van der Waals surface area contributed by atoms with E-state index in [9.17, 15) is 22.7 Å². The van der Waals surface area contributed by atoms with Gasteiger partial charge in [-0.1, -0.05) is 60.7 Å². The van der Waals surface area contributed by atoms with Crippen LogP contribution in [0.25, 0.3) is 0 Å². The molecule has 0 radical (unpaired) electrons. The molecule has 0 aromatic heterocycles. The average molecular weight is 428 g/mol. The molecule has 6 nitrogen and oxygen atoms in total. The Hall–Kier alpha value is -3.23. The second-order valence-electron chi connectivity index (χ2n) is 6.64. The number of carbonyl (C=O) groups is 1. The van der Waals surface area contributed by atoms with E-state index in [0.29, 0.717) is 5.56 Å². The third-order valence-electron chi connectivity index (χ3n) is 4.47. The van der Waals surface area contributed by atoms with Gasteiger partial charge < -0.3 is 10.4 Å². The lowest BCUT2D eigenvalue weighted by Crippen LogP contribution is -2.47. The van der Waals surface area contributed by atoms with Crippen molar-refractivity contribution in [3.05, 3.63) is 95.8 Å². The Morgan fingerprint density at radius 1 is 0.933 bits per heavy atom. The predicted octanol–water partition coefficient (Wildman–Crippen LogP) is 2.74. The number of hydrogen-bond donors (Lipinski definition) is 3. The van der Waals surface area contributed by atoms with E-state index in [4.69, 9.17) is 0 Å². The molecule has 0 saturated heterocycles. The van der Waals surface area contributed by atoms with Gasteiger partial charge in [0.1, 0.15) is 22.5 Å². The van der Waals surface area contributed by atoms with Crippen molar-refractivity contribution in [2.45, 2.75) is 23.9 Å². The van der Waals surface area contributed by atoms with E-state index in [1.165, 1.54) is 18.2 Å². The first-order valence-corrected chi connectivity index (χ1v) is 10.7. The van der Waals surface area contributed by atoms with E-state index in [-0.39, 0.29) is 18.7 Å². The van der Waals surface area contributed by atoms with Crippen molar-refractivity contribution in [2.24, 2.45) is 0 Å². The van der Waals surface area contributed by atoms with Crippen LogP contribution in [0, 0.1) is 5.82 Å². The molecule has 0 bridgehead atoms. The molecule has 1 unspecified atom stereocenters. The first-order chi connectivity index (χ1) is 14.4. The van der Waals surface area contributed by atoms with Gasteiger partial charge in [-0.15, -0.1) is 0 Å². The molecule has 0 aliphatic heterocycles. The zero-order chi connectivity index (χ0) is 21.6. The molecule has 0 aliphatic rings. The van der Waals surface area contributed by atoms with Gasteiger partial charge in [-0.2, -0.15) is 4.72 Å². The molecule has 3 N–H and O–H groups in total. The van der Waals surface area contributed by atoms with Crippen LogP contribution in [-0.4, -0.2) is 25.5 Å². The molecule has 3 aromatic rings. The number of phenols is 1. The van der Waals surface area contributed by atoms with Gasteiger partial charge in [0, 0.05) is 12.1 Å². The summed E-state index contributed by atoms with van der Waals surface area (Å²) in [7, 11) is -4.28. The Morgan fingerprint density at radius 2 is 1.57 bits per heavy atom. The largest absolute Gasteiger partial charge is 0.508 e. The summed E-state index contributed by atoms with van der Waals surface area (Å²) >= 11 is 0. The van der Waals surface area contributed by atoms with E-state index >= 15 is 0 Å². The molecule has 8 heteroatoms. The summed E-state index contributed by atoms with van der Waals surface area (Å²) in [4.78, 5) is 12.3. The Kier molecular flexibility index (Phi) is 6.81. The second-order valence-corrected chi connectivity index (χ2v) is 8.32. The molecule has 3 rings (SSSR count). The number of amides is 1. The number of hydrogen-bond acceptors (Lipinski definition) is 4. The van der Waals surface area contributed by atoms with Gasteiger partial charge in [-0.05, 0) is 30.2 Å². The van der Waals surface area contributed by atoms with Crippen LogP contribution < -0.4 is 10.0 Å². The Morgan fingerprint density at radius 3 is 2.27 bits per heavy atom. The summed E-state index contributed by atoms with van der Waals surface area (Å²) in [6.45, 7) is 0.0121. The lowest BCUT2D eigenvalue weighted by molar-refractivity contribution is -0.122. The van der Waals surface area contributed by atoms with Crippen LogP contribution in [0.3, 0.4) is 0 Å². The van der Waals surface area contributed by atoms with Gasteiger partial charge in [0.2, 0.25) is 15.9 Å². The van der Waals surface area contributed by atoms with Gasteiger partial charge in [0.05, 0.1) is 0 Å². The molecule has 156 valence electrons. The van der Waals surface area contributed by atoms with Crippen molar-refractivity contribution in [1.29, 1.82) is 0 Å². The summed E-state index contributed by atoms with van der Waals surface area (Å²) < 4.78 is 41.8. The molecule has 0 spiro atoms. The van der Waals surface area contributed by atoms with E-state index in [1.54, 1.807) is 48.5 Å². The number of sulfonamides is 1. The van der Waals surface area contributed by atoms with Crippen molar-refractivity contribution in [3.63, 3.8) is 0 Å². The molecule has 3 aromatic carbocycles. The average Bonchev–Trinajstić information content (AvgIpc) is 2.73. The van der Waals surface area contributed by atoms with Gasteiger partial charge in [-0.25, -0.2) is 12.8 Å². The maximum Gasteiger partial charge on any atom is 0.244 e. The lowest BCUT2D eigenvalue weighted by Gasteiger charge is -2.19. The van der Waals surface area contributed by atoms with Crippen LogP contribution in [-0.2, 0) is 27.8 Å². The number of carbonyl (C=O) groups excluding carboxylic acids is 1. The predicted molar refractivity (Wildman–Crippen MR) is 111 cm³/mol. The van der Waals surface area contributed by atoms with Crippen LogP contribution in [0.5, 0.6) is 5.75 Å². The first kappa shape index (κ1) is 21.5. The van der Waals surface area contributed by atoms with E-state index in [2.05, 4.69) is 10.0 Å². The normalized spacial score (nSPS) is 12.3. The van der Waals surface area contributed by atoms with Gasteiger partial charge in [0.15, 0.2) is 0 Å². The topological polar surface area (TPSA) is 95.5 Å². The van der Waals surface area contributed by atoms with Crippen LogP contribution in [0.4, 0.5) is 4.39 Å². The number of phenolic OH excluding ortho intramolecular Hbond substituents is 1. The fourth-order valence-electron chi connectivity index (χ4n) is 2.92. The molecule has 0 saturated carbocycles. The highest BCUT2D eigenvalue weighted by atomic mass is 32.2. The third-order valence-corrected chi connectivity index (χ3v) is 5.97. The van der Waals surface area contributed by atoms with Gasteiger partial charge in [-0.3, -0.25) is 4.79 Å². The van der Waals surface area contributed by atoms with Gasteiger partial charge in [0.25, 0.3) is 0 Å². The maximum atomic E-state index is 14.0. The number of aromatic hydroxyl groups is 1. The minimum atomic E-state index is -4.28. The molecule has 0 heterocycles. The number of halogens is 1. The summed E-state index contributed by atoms with van der Waals surface area (Å²) in [6.07, 6.45) is 0.0706. The van der Waals surface area contributed by atoms with E-state index < -0.39 is 32.7 Å². The molecular weight excluding hydrogens is 407 g/mol. The summed E-state index contributed by atoms with van der Waals surface area (Å²) in [5.74, 6) is -1.48. The summed E-state index contributed by atoms with van der Waals surface area (Å²) in [5.41, 5.74) is 1.22. The van der Waals surface area contributed by atoms with Gasteiger partial charge >= 0.3 is 0 Å². The summed E-state index contributed by atoms with van der Waals surface area (Å²) in [5, 5.41) is 12.5. The minimum absolute atomic E-state index is 0.0121. The van der Waals surface area contributed by atoms with Crippen molar-refractivity contribution in [2.75, 3.05) is 0 Å². The fourth-order valence-corrected chi connectivity index (χ4v) is 4.19. The molecule has 1 atom stereocenters. The van der Waals surface area contributed by atoms with Crippen molar-refractivity contribution < 1.29 is 22.7 Å². The van der Waals surface area contributed by atoms with Crippen molar-refractivity contribution in [3.8, 4) is 5.75 Å². The fraction of sp³-hybridized carbons (Fsp3) is 0.136. The van der Waals surface area contributed by atoms with Crippen LogP contribution >= 0.6 is 0 Å². The minimum Gasteiger partial charge on any atom is -0.508 e. The van der Waals surface area contributed by atoms with E-state index in [0.717, 1.165) is 17.7 Å². The second kappa shape index (κ2) is 9.51. The molecule has 0 aliphatic carbocycles. The Labute approximate surface area is 174 Å². The highest BCUT2D eigenvalue weighted by molar-refractivity contribution is 7.89. The van der Waals surface area contributed by atoms with Crippen molar-refractivity contribution in [1.82, 2.24) is 10.0 Å². The van der Waals surface area contributed by atoms with Crippen LogP contribution in [0.15, 0.2) is 83.8 Å².